The first-order chi connectivity index (χ1) is 22.8. The molecule has 4 rings (SSSR count). The Morgan fingerprint density at radius 2 is 1.60 bits per heavy atom. The number of aliphatic hydroxyl groups is 7. The number of carbonyl (C=O) groups excluding carboxylic acids is 1. The number of hydrogen-bond acceptors (Lipinski definition) is 17. The Morgan fingerprint density at radius 3 is 2.19 bits per heavy atom. The van der Waals surface area contributed by atoms with E-state index in [1.165, 1.54) is 0 Å². The molecule has 1 amide bonds. The molecule has 18 nitrogen and oxygen atoms in total. The van der Waals surface area contributed by atoms with Crippen molar-refractivity contribution in [2.24, 2.45) is 34.6 Å². The van der Waals surface area contributed by atoms with E-state index in [0.717, 1.165) is 7.11 Å². The lowest BCUT2D eigenvalue weighted by Crippen LogP contribution is -2.61. The van der Waals surface area contributed by atoms with Crippen LogP contribution in [0.3, 0.4) is 0 Å². The summed E-state index contributed by atoms with van der Waals surface area (Å²) in [5, 5.41) is 68.7. The van der Waals surface area contributed by atoms with E-state index in [0.29, 0.717) is 25.7 Å². The number of nitrogens with two attached hydrogens (primary N) is 5. The van der Waals surface area contributed by atoms with Gasteiger partial charge in [0.15, 0.2) is 12.4 Å². The van der Waals surface area contributed by atoms with E-state index in [-0.39, 0.29) is 45.2 Å². The smallest absolute Gasteiger partial charge is 0.252 e. The fourth-order valence-corrected chi connectivity index (χ4v) is 6.44. The molecular formula is C29H59FN6O12. The summed E-state index contributed by atoms with van der Waals surface area (Å²) in [6.07, 6.45) is -8.32. The number of rotatable bonds is 11. The van der Waals surface area contributed by atoms with E-state index in [4.69, 9.17) is 52.7 Å². The van der Waals surface area contributed by atoms with Gasteiger partial charge in [-0.1, -0.05) is 0 Å². The van der Waals surface area contributed by atoms with Crippen LogP contribution in [0.25, 0.3) is 0 Å². The molecule has 19 heteroatoms. The van der Waals surface area contributed by atoms with Crippen molar-refractivity contribution in [3.63, 3.8) is 0 Å². The van der Waals surface area contributed by atoms with Crippen LogP contribution in [0.5, 0.6) is 0 Å². The predicted octanol–water partition coefficient (Wildman–Crippen LogP) is -6.02. The molecule has 4 fully saturated rings. The van der Waals surface area contributed by atoms with Gasteiger partial charge in [0.2, 0.25) is 0 Å². The number of carbonyl (C=O) groups is 1. The molecule has 284 valence electrons. The Labute approximate surface area is 280 Å². The molecule has 3 saturated heterocycles. The van der Waals surface area contributed by atoms with E-state index in [1.807, 2.05) is 0 Å². The number of nitrogens with one attached hydrogen (secondary N) is 1. The monoisotopic (exact) mass is 702 g/mol. The molecule has 3 aliphatic heterocycles. The van der Waals surface area contributed by atoms with Gasteiger partial charge in [-0.05, 0) is 32.1 Å². The maximum absolute atomic E-state index is 13.7. The Bertz CT molecular complexity index is 921. The van der Waals surface area contributed by atoms with E-state index in [2.05, 4.69) is 5.32 Å². The van der Waals surface area contributed by atoms with Crippen molar-refractivity contribution in [1.82, 2.24) is 5.32 Å². The molecule has 0 aromatic carbocycles. The molecule has 1 aliphatic carbocycles. The molecule has 16 atom stereocenters. The Balaban J connectivity index is 0.000000517. The zero-order valence-corrected chi connectivity index (χ0v) is 27.5. The number of alkyl halides is 1. The van der Waals surface area contributed by atoms with Gasteiger partial charge in [-0.15, -0.1) is 0 Å². The van der Waals surface area contributed by atoms with Gasteiger partial charge in [-0.25, -0.2) is 4.39 Å². The lowest BCUT2D eigenvalue weighted by Gasteiger charge is -2.46. The van der Waals surface area contributed by atoms with Crippen LogP contribution in [0.2, 0.25) is 0 Å². The molecule has 3 heterocycles. The first kappa shape index (κ1) is 42.9. The van der Waals surface area contributed by atoms with Gasteiger partial charge in [0, 0.05) is 51.2 Å². The average Bonchev–Trinajstić information content (AvgIpc) is 3.55. The van der Waals surface area contributed by atoms with Crippen LogP contribution in [0.1, 0.15) is 38.5 Å². The molecular weight excluding hydrogens is 643 g/mol. The van der Waals surface area contributed by atoms with Crippen LogP contribution in [0.15, 0.2) is 0 Å². The first-order valence-corrected chi connectivity index (χ1v) is 16.4. The molecule has 0 aromatic rings. The zero-order chi connectivity index (χ0) is 36.1. The number of halogens is 1. The zero-order valence-electron chi connectivity index (χ0n) is 27.5. The largest absolute Gasteiger partial charge is 0.400 e. The third-order valence-corrected chi connectivity index (χ3v) is 9.22. The maximum atomic E-state index is 13.7. The number of hydrogen-bond donors (Lipinski definition) is 13. The molecule has 0 aromatic heterocycles. The van der Waals surface area contributed by atoms with Gasteiger partial charge >= 0.3 is 0 Å². The second kappa shape index (κ2) is 21.2. The van der Waals surface area contributed by atoms with Crippen LogP contribution < -0.4 is 34.0 Å². The third kappa shape index (κ3) is 11.7. The van der Waals surface area contributed by atoms with Crippen LogP contribution in [0, 0.1) is 5.92 Å². The normalized spacial score (nSPS) is 40.3. The van der Waals surface area contributed by atoms with Crippen molar-refractivity contribution in [1.29, 1.82) is 0 Å². The number of amides is 1. The van der Waals surface area contributed by atoms with Crippen molar-refractivity contribution in [3.8, 4) is 0 Å². The predicted molar refractivity (Wildman–Crippen MR) is 168 cm³/mol. The highest BCUT2D eigenvalue weighted by molar-refractivity contribution is 5.81. The van der Waals surface area contributed by atoms with Crippen LogP contribution >= 0.6 is 0 Å². The summed E-state index contributed by atoms with van der Waals surface area (Å²) in [6.45, 7) is -0.0834. The summed E-state index contributed by atoms with van der Waals surface area (Å²) in [7, 11) is 1.00. The Hall–Kier alpha value is -1.24. The summed E-state index contributed by atoms with van der Waals surface area (Å²) in [4.78, 5) is 12.3. The van der Waals surface area contributed by atoms with E-state index in [9.17, 15) is 39.8 Å². The minimum atomic E-state index is -1.90. The lowest BCUT2D eigenvalue weighted by atomic mass is 9.74. The molecule has 9 unspecified atom stereocenters. The maximum Gasteiger partial charge on any atom is 0.252 e. The summed E-state index contributed by atoms with van der Waals surface area (Å²) in [6, 6.07) is -1.69. The molecule has 0 radical (unpaired) electrons. The van der Waals surface area contributed by atoms with E-state index < -0.39 is 104 Å². The van der Waals surface area contributed by atoms with Gasteiger partial charge in [-0.3, -0.25) is 4.79 Å². The van der Waals surface area contributed by atoms with Gasteiger partial charge < -0.3 is 88.7 Å². The molecule has 0 bridgehead atoms. The van der Waals surface area contributed by atoms with Crippen molar-refractivity contribution < 1.29 is 63.9 Å². The molecule has 18 N–H and O–H groups in total. The van der Waals surface area contributed by atoms with Crippen molar-refractivity contribution in [2.75, 3.05) is 40.0 Å². The molecule has 0 spiro atoms. The number of ether oxygens (including phenoxy) is 4. The SMILES string of the molecule is CO.NCC(F)C(O)C(=O)NC1CC(N)[C@@H]([C@H](O)[C@@H]2CC[C@H](O)C(CN)O2)C(OC2CCC(CO)O2)C1.NC[C@@H]1OC[C@H](N)C(O)[C@@H]1O. The fraction of sp³-hybridized carbons (Fsp3) is 0.966. The quantitative estimate of drug-likeness (QED) is 0.0952. The van der Waals surface area contributed by atoms with Crippen LogP contribution in [0.4, 0.5) is 4.39 Å². The van der Waals surface area contributed by atoms with E-state index in [1.54, 1.807) is 0 Å². The minimum absolute atomic E-state index is 0.105. The van der Waals surface area contributed by atoms with Crippen molar-refractivity contribution in [3.05, 3.63) is 0 Å². The summed E-state index contributed by atoms with van der Waals surface area (Å²) >= 11 is 0. The molecule has 1 saturated carbocycles. The summed E-state index contributed by atoms with van der Waals surface area (Å²) in [5.74, 6) is -1.49. The van der Waals surface area contributed by atoms with Gasteiger partial charge in [0.25, 0.3) is 5.91 Å². The standard InChI is InChI=1S/C22H41FN4O8.C6H14N2O3.CH4O/c23-12(7-24)20(30)22(32)27-10-5-13(26)19(16(6-10)35-18-4-1-11(9-28)33-18)21(31)15-3-2-14(29)17(8-25)34-15;7-1-4-6(10)5(9)3(8)2-11-4;1-2/h10-21,28-31H,1-9,24-26H2,(H,27,32);3-6,9-10H,1-2,7-8H2;2H,1H3/t10?,11?,12?,13?,14-,15-,16?,17?,18?,19+,20?,21+;3-,4-,5?,6+;/m00./s1. The third-order valence-electron chi connectivity index (χ3n) is 9.22. The molecule has 48 heavy (non-hydrogen) atoms. The minimum Gasteiger partial charge on any atom is -0.400 e. The van der Waals surface area contributed by atoms with Crippen LogP contribution in [-0.4, -0.2) is 173 Å². The fourth-order valence-electron chi connectivity index (χ4n) is 6.44. The topological polar surface area (TPSA) is 338 Å². The summed E-state index contributed by atoms with van der Waals surface area (Å²) < 4.78 is 36.5. The van der Waals surface area contributed by atoms with Gasteiger partial charge in [0.05, 0.1) is 68.1 Å². The first-order valence-electron chi connectivity index (χ1n) is 16.4. The highest BCUT2D eigenvalue weighted by Gasteiger charge is 2.47. The van der Waals surface area contributed by atoms with Crippen LogP contribution in [-0.2, 0) is 23.7 Å². The van der Waals surface area contributed by atoms with Crippen molar-refractivity contribution in [2.45, 2.75) is 130 Å². The van der Waals surface area contributed by atoms with Gasteiger partial charge in [-0.2, -0.15) is 0 Å². The lowest BCUT2D eigenvalue weighted by molar-refractivity contribution is -0.216. The van der Waals surface area contributed by atoms with Crippen molar-refractivity contribution >= 4 is 5.91 Å². The second-order valence-corrected chi connectivity index (χ2v) is 12.6. The Morgan fingerprint density at radius 1 is 0.938 bits per heavy atom. The number of aliphatic hydroxyl groups excluding tert-OH is 7. The highest BCUT2D eigenvalue weighted by atomic mass is 19.1. The Kier molecular flexibility index (Phi) is 19.0. The summed E-state index contributed by atoms with van der Waals surface area (Å²) in [5.41, 5.74) is 28.0. The highest BCUT2D eigenvalue weighted by Crippen LogP contribution is 2.36. The average molecular weight is 703 g/mol. The van der Waals surface area contributed by atoms with E-state index >= 15 is 0 Å². The molecule has 4 aliphatic rings. The second-order valence-electron chi connectivity index (χ2n) is 12.6. The van der Waals surface area contributed by atoms with Gasteiger partial charge in [0.1, 0.15) is 12.3 Å².